The molecule has 0 radical (unpaired) electrons. The number of esters is 2. The number of hydrogen-bond acceptors (Lipinski definition) is 7. The Hall–Kier alpha value is -1.93. The molecule has 8 nitrogen and oxygen atoms in total. The van der Waals surface area contributed by atoms with Crippen molar-refractivity contribution in [1.82, 2.24) is 0 Å². The fraction of sp³-hybridized carbons (Fsp3) is 0.907. The van der Waals surface area contributed by atoms with E-state index in [9.17, 15) is 19.5 Å². The van der Waals surface area contributed by atoms with E-state index in [0.717, 1.165) is 51.4 Å². The summed E-state index contributed by atoms with van der Waals surface area (Å²) in [6, 6.07) is -0.724. The molecular formula is C54H103NO7. The van der Waals surface area contributed by atoms with Crippen LogP contribution in [0.15, 0.2) is 12.2 Å². The van der Waals surface area contributed by atoms with Crippen LogP contribution in [0.25, 0.3) is 0 Å². The van der Waals surface area contributed by atoms with Crippen LogP contribution in [0.1, 0.15) is 264 Å². The largest absolute Gasteiger partial charge is 0.544 e. The van der Waals surface area contributed by atoms with Gasteiger partial charge in [-0.2, -0.15) is 0 Å². The van der Waals surface area contributed by atoms with Crippen molar-refractivity contribution in [3.05, 3.63) is 12.2 Å². The Morgan fingerprint density at radius 2 is 0.806 bits per heavy atom. The van der Waals surface area contributed by atoms with Gasteiger partial charge in [0.1, 0.15) is 12.6 Å². The molecule has 0 bridgehead atoms. The summed E-state index contributed by atoms with van der Waals surface area (Å²) in [7, 11) is 5.42. The molecule has 0 fully saturated rings. The SMILES string of the molecule is CCCCCCCCC/C=C\CCCCCCCC(=O)OC(COCCC(C(=O)[O-])[N+](C)(C)C)COC(=O)CCCCCCCCCCCCCCCCCCCCCCCC. The van der Waals surface area contributed by atoms with Gasteiger partial charge in [0.25, 0.3) is 0 Å². The average Bonchev–Trinajstić information content (AvgIpc) is 3.23. The number of carboxylic acid groups (broad SMARTS) is 1. The quantitative estimate of drug-likeness (QED) is 0.0260. The van der Waals surface area contributed by atoms with Crippen molar-refractivity contribution in [3.8, 4) is 0 Å². The molecule has 0 aromatic heterocycles. The predicted octanol–water partition coefficient (Wildman–Crippen LogP) is 14.1. The van der Waals surface area contributed by atoms with Crippen LogP contribution in [0.3, 0.4) is 0 Å². The number of unbranched alkanes of at least 4 members (excludes halogenated alkanes) is 33. The molecule has 0 rings (SSSR count). The van der Waals surface area contributed by atoms with Crippen LogP contribution in [0.4, 0.5) is 0 Å². The summed E-state index contributed by atoms with van der Waals surface area (Å²) in [5.74, 6) is -1.72. The van der Waals surface area contributed by atoms with Crippen molar-refractivity contribution < 1.29 is 38.2 Å². The Balaban J connectivity index is 4.16. The zero-order chi connectivity index (χ0) is 45.6. The summed E-state index contributed by atoms with van der Waals surface area (Å²) in [5, 5.41) is 11.7. The molecule has 0 heterocycles. The molecule has 0 amide bonds. The van der Waals surface area contributed by atoms with Crippen molar-refractivity contribution >= 4 is 17.9 Å². The minimum absolute atomic E-state index is 0.0435. The lowest BCUT2D eigenvalue weighted by Gasteiger charge is -2.34. The van der Waals surface area contributed by atoms with Crippen molar-refractivity contribution in [2.45, 2.75) is 276 Å². The van der Waals surface area contributed by atoms with E-state index in [2.05, 4.69) is 26.0 Å². The molecular weight excluding hydrogens is 775 g/mol. The highest BCUT2D eigenvalue weighted by atomic mass is 16.6. The molecule has 0 saturated heterocycles. The number of carboxylic acids is 1. The Bertz CT molecular complexity index is 1020. The van der Waals surface area contributed by atoms with Crippen LogP contribution < -0.4 is 5.11 Å². The van der Waals surface area contributed by atoms with Gasteiger partial charge in [-0.25, -0.2) is 0 Å². The van der Waals surface area contributed by atoms with Crippen molar-refractivity contribution in [1.29, 1.82) is 0 Å². The van der Waals surface area contributed by atoms with Crippen molar-refractivity contribution in [2.24, 2.45) is 0 Å². The van der Waals surface area contributed by atoms with Crippen molar-refractivity contribution in [3.63, 3.8) is 0 Å². The molecule has 366 valence electrons. The molecule has 2 unspecified atom stereocenters. The second-order valence-electron chi connectivity index (χ2n) is 19.5. The third-order valence-electron chi connectivity index (χ3n) is 12.4. The van der Waals surface area contributed by atoms with Gasteiger partial charge in [0.15, 0.2) is 6.10 Å². The first-order valence-electron chi connectivity index (χ1n) is 26.7. The number of allylic oxidation sites excluding steroid dienone is 2. The van der Waals surface area contributed by atoms with E-state index in [0.29, 0.717) is 12.8 Å². The van der Waals surface area contributed by atoms with Crippen LogP contribution >= 0.6 is 0 Å². The zero-order valence-electron chi connectivity index (χ0n) is 41.8. The number of aliphatic carboxylic acids is 1. The number of hydrogen-bond donors (Lipinski definition) is 0. The van der Waals surface area contributed by atoms with E-state index in [4.69, 9.17) is 14.2 Å². The summed E-state index contributed by atoms with van der Waals surface area (Å²) in [6.07, 6.45) is 51.0. The number of rotatable bonds is 49. The number of ether oxygens (including phenoxy) is 3. The average molecular weight is 878 g/mol. The van der Waals surface area contributed by atoms with E-state index in [1.807, 2.05) is 21.1 Å². The smallest absolute Gasteiger partial charge is 0.306 e. The van der Waals surface area contributed by atoms with E-state index < -0.39 is 18.1 Å². The molecule has 0 aliphatic heterocycles. The fourth-order valence-electron chi connectivity index (χ4n) is 8.25. The van der Waals surface area contributed by atoms with Crippen LogP contribution in [0.2, 0.25) is 0 Å². The van der Waals surface area contributed by atoms with Gasteiger partial charge in [-0.3, -0.25) is 9.59 Å². The molecule has 0 aliphatic rings. The minimum atomic E-state index is -1.12. The van der Waals surface area contributed by atoms with Gasteiger partial charge >= 0.3 is 11.9 Å². The first kappa shape index (κ1) is 60.1. The van der Waals surface area contributed by atoms with Crippen molar-refractivity contribution in [2.75, 3.05) is 41.0 Å². The van der Waals surface area contributed by atoms with Gasteiger partial charge in [0.05, 0.1) is 40.3 Å². The summed E-state index contributed by atoms with van der Waals surface area (Å²) in [4.78, 5) is 37.0. The summed E-state index contributed by atoms with van der Waals surface area (Å²) in [6.45, 7) is 4.70. The molecule has 0 N–H and O–H groups in total. The molecule has 0 saturated carbocycles. The molecule has 0 aromatic rings. The second kappa shape index (κ2) is 45.6. The Morgan fingerprint density at radius 1 is 0.468 bits per heavy atom. The monoisotopic (exact) mass is 878 g/mol. The highest BCUT2D eigenvalue weighted by molar-refractivity contribution is 5.70. The fourth-order valence-corrected chi connectivity index (χ4v) is 8.25. The predicted molar refractivity (Wildman–Crippen MR) is 259 cm³/mol. The van der Waals surface area contributed by atoms with Gasteiger partial charge in [-0.1, -0.05) is 219 Å². The first-order valence-corrected chi connectivity index (χ1v) is 26.7. The second-order valence-corrected chi connectivity index (χ2v) is 19.5. The molecule has 2 atom stereocenters. The Kier molecular flexibility index (Phi) is 44.2. The lowest BCUT2D eigenvalue weighted by Crippen LogP contribution is -2.55. The molecule has 0 aromatic carbocycles. The lowest BCUT2D eigenvalue weighted by atomic mass is 10.0. The van der Waals surface area contributed by atoms with Crippen LogP contribution in [0.5, 0.6) is 0 Å². The molecule has 62 heavy (non-hydrogen) atoms. The topological polar surface area (TPSA) is 102 Å². The first-order chi connectivity index (χ1) is 30.1. The molecule has 8 heteroatoms. The van der Waals surface area contributed by atoms with Gasteiger partial charge in [-0.05, 0) is 38.5 Å². The van der Waals surface area contributed by atoms with Gasteiger partial charge in [0.2, 0.25) is 0 Å². The molecule has 0 aliphatic carbocycles. The van der Waals surface area contributed by atoms with E-state index in [1.54, 1.807) is 0 Å². The van der Waals surface area contributed by atoms with Crippen LogP contribution in [-0.2, 0) is 28.6 Å². The van der Waals surface area contributed by atoms with Crippen LogP contribution in [-0.4, -0.2) is 75.5 Å². The zero-order valence-corrected chi connectivity index (χ0v) is 41.8. The van der Waals surface area contributed by atoms with Gasteiger partial charge < -0.3 is 28.6 Å². The third kappa shape index (κ3) is 43.3. The third-order valence-corrected chi connectivity index (χ3v) is 12.4. The number of nitrogens with zero attached hydrogens (tertiary/aromatic N) is 1. The maximum absolute atomic E-state index is 12.8. The highest BCUT2D eigenvalue weighted by Crippen LogP contribution is 2.17. The van der Waals surface area contributed by atoms with Gasteiger partial charge in [-0.15, -0.1) is 0 Å². The van der Waals surface area contributed by atoms with Crippen LogP contribution in [0, 0.1) is 0 Å². The summed E-state index contributed by atoms with van der Waals surface area (Å²) < 4.78 is 17.3. The number of carbonyl (C=O) groups excluding carboxylic acids is 3. The highest BCUT2D eigenvalue weighted by Gasteiger charge is 2.25. The Morgan fingerprint density at radius 3 is 1.16 bits per heavy atom. The number of likely N-dealkylation sites (N-methyl/N-ethyl adjacent to an activating group) is 1. The van der Waals surface area contributed by atoms with E-state index in [-0.39, 0.29) is 42.7 Å². The summed E-state index contributed by atoms with van der Waals surface area (Å²) in [5.41, 5.74) is 0. The van der Waals surface area contributed by atoms with Gasteiger partial charge in [0, 0.05) is 19.3 Å². The Labute approximate surface area is 384 Å². The normalized spacial score (nSPS) is 12.9. The van der Waals surface area contributed by atoms with E-state index in [1.165, 1.54) is 180 Å². The summed E-state index contributed by atoms with van der Waals surface area (Å²) >= 11 is 0. The lowest BCUT2D eigenvalue weighted by molar-refractivity contribution is -0.889. The number of quaternary nitrogens is 1. The maximum Gasteiger partial charge on any atom is 0.306 e. The maximum atomic E-state index is 12.8. The number of carbonyl (C=O) groups is 3. The standard InChI is InChI=1S/C54H103NO7/c1-6-8-10-12-14-16-18-20-22-24-25-26-27-28-29-31-32-34-36-38-40-42-44-52(56)61-49-50(48-60-47-46-51(54(58)59)55(3,4)5)62-53(57)45-43-41-39-37-35-33-30-23-21-19-17-15-13-11-9-7-2/h23,30,50-51H,6-22,24-29,31-49H2,1-5H3/b30-23-. The minimum Gasteiger partial charge on any atom is -0.544 e. The molecule has 0 spiro atoms. The van der Waals surface area contributed by atoms with E-state index >= 15 is 0 Å².